The van der Waals surface area contributed by atoms with Crippen molar-refractivity contribution in [2.75, 3.05) is 0 Å². The lowest BCUT2D eigenvalue weighted by Crippen LogP contribution is -1.84. The molecule has 2 nitrogen and oxygen atoms in total. The Bertz CT molecular complexity index is 260. The summed E-state index contributed by atoms with van der Waals surface area (Å²) in [4.78, 5) is 7.40. The first kappa shape index (κ1) is 7.51. The standard InChI is InChI=1S/C6H4Cl2N2/c1-2-4-3-9-6(8)10-5(4)7/h2-3H,1H2. The van der Waals surface area contributed by atoms with E-state index in [1.165, 1.54) is 6.20 Å². The van der Waals surface area contributed by atoms with Gasteiger partial charge >= 0.3 is 0 Å². The Morgan fingerprint density at radius 2 is 2.20 bits per heavy atom. The van der Waals surface area contributed by atoms with Crippen molar-refractivity contribution in [3.63, 3.8) is 0 Å². The highest BCUT2D eigenvalue weighted by atomic mass is 35.5. The zero-order valence-corrected chi connectivity index (χ0v) is 6.52. The van der Waals surface area contributed by atoms with Crippen molar-refractivity contribution in [1.82, 2.24) is 9.97 Å². The molecular weight excluding hydrogens is 171 g/mol. The highest BCUT2D eigenvalue weighted by Gasteiger charge is 1.97. The van der Waals surface area contributed by atoms with Crippen molar-refractivity contribution in [3.8, 4) is 0 Å². The predicted molar refractivity (Wildman–Crippen MR) is 42.1 cm³/mol. The summed E-state index contributed by atoms with van der Waals surface area (Å²) in [6, 6.07) is 0. The molecule has 0 fully saturated rings. The molecule has 0 aliphatic carbocycles. The van der Waals surface area contributed by atoms with Gasteiger partial charge < -0.3 is 0 Å². The van der Waals surface area contributed by atoms with Crippen LogP contribution >= 0.6 is 23.2 Å². The molecule has 0 N–H and O–H groups in total. The second-order valence-electron chi connectivity index (χ2n) is 1.59. The summed E-state index contributed by atoms with van der Waals surface area (Å²) in [7, 11) is 0. The van der Waals surface area contributed by atoms with Gasteiger partial charge in [-0.05, 0) is 11.6 Å². The lowest BCUT2D eigenvalue weighted by Gasteiger charge is -1.94. The number of hydrogen-bond acceptors (Lipinski definition) is 2. The molecule has 10 heavy (non-hydrogen) atoms. The summed E-state index contributed by atoms with van der Waals surface area (Å²) in [5, 5.41) is 0.477. The molecule has 1 heterocycles. The van der Waals surface area contributed by atoms with Gasteiger partial charge in [0.25, 0.3) is 0 Å². The number of halogens is 2. The number of nitrogens with zero attached hydrogens (tertiary/aromatic N) is 2. The van der Waals surface area contributed by atoms with Crippen molar-refractivity contribution in [2.45, 2.75) is 0 Å². The van der Waals surface area contributed by atoms with Crippen LogP contribution in [0, 0.1) is 0 Å². The lowest BCUT2D eigenvalue weighted by atomic mass is 10.3. The topological polar surface area (TPSA) is 25.8 Å². The quantitative estimate of drug-likeness (QED) is 0.483. The van der Waals surface area contributed by atoms with E-state index in [4.69, 9.17) is 23.2 Å². The van der Waals surface area contributed by atoms with Gasteiger partial charge in [-0.3, -0.25) is 0 Å². The van der Waals surface area contributed by atoms with E-state index in [0.29, 0.717) is 10.7 Å². The maximum atomic E-state index is 5.62. The van der Waals surface area contributed by atoms with E-state index in [2.05, 4.69) is 16.5 Å². The smallest absolute Gasteiger partial charge is 0.223 e. The van der Waals surface area contributed by atoms with E-state index < -0.39 is 0 Å². The third-order valence-corrected chi connectivity index (χ3v) is 1.44. The van der Waals surface area contributed by atoms with Gasteiger partial charge in [-0.1, -0.05) is 24.3 Å². The fourth-order valence-electron chi connectivity index (χ4n) is 0.487. The first-order chi connectivity index (χ1) is 4.74. The first-order valence-electron chi connectivity index (χ1n) is 2.54. The van der Waals surface area contributed by atoms with Crippen LogP contribution in [0.1, 0.15) is 5.56 Å². The van der Waals surface area contributed by atoms with Crippen LogP contribution in [-0.2, 0) is 0 Å². The van der Waals surface area contributed by atoms with Crippen LogP contribution in [0.15, 0.2) is 12.8 Å². The van der Waals surface area contributed by atoms with Crippen molar-refractivity contribution < 1.29 is 0 Å². The first-order valence-corrected chi connectivity index (χ1v) is 3.30. The number of aromatic nitrogens is 2. The van der Waals surface area contributed by atoms with Crippen molar-refractivity contribution in [3.05, 3.63) is 28.8 Å². The van der Waals surface area contributed by atoms with Crippen LogP contribution in [-0.4, -0.2) is 9.97 Å². The van der Waals surface area contributed by atoms with E-state index in [0.717, 1.165) is 0 Å². The van der Waals surface area contributed by atoms with Crippen LogP contribution in [0.25, 0.3) is 6.08 Å². The molecule has 0 amide bonds. The largest absolute Gasteiger partial charge is 0.226 e. The molecule has 0 aliphatic heterocycles. The summed E-state index contributed by atoms with van der Waals surface area (Å²) in [5.74, 6) is 0. The number of rotatable bonds is 1. The summed E-state index contributed by atoms with van der Waals surface area (Å²) in [6.45, 7) is 3.51. The minimum absolute atomic E-state index is 0.149. The highest BCUT2D eigenvalue weighted by molar-refractivity contribution is 6.32. The molecule has 1 rings (SSSR count). The Morgan fingerprint density at radius 3 is 2.70 bits per heavy atom. The van der Waals surface area contributed by atoms with Crippen LogP contribution in [0.3, 0.4) is 0 Å². The van der Waals surface area contributed by atoms with Crippen molar-refractivity contribution in [2.24, 2.45) is 0 Å². The van der Waals surface area contributed by atoms with Crippen LogP contribution < -0.4 is 0 Å². The van der Waals surface area contributed by atoms with Gasteiger partial charge in [0.15, 0.2) is 0 Å². The van der Waals surface area contributed by atoms with Gasteiger partial charge in [-0.25, -0.2) is 9.97 Å². The molecule has 0 saturated carbocycles. The van der Waals surface area contributed by atoms with Crippen LogP contribution in [0.4, 0.5) is 0 Å². The second-order valence-corrected chi connectivity index (χ2v) is 2.29. The highest BCUT2D eigenvalue weighted by Crippen LogP contribution is 2.14. The molecule has 0 atom stereocenters. The van der Waals surface area contributed by atoms with Crippen LogP contribution in [0.2, 0.25) is 10.4 Å². The van der Waals surface area contributed by atoms with Crippen LogP contribution in [0.5, 0.6) is 0 Å². The molecule has 0 bridgehead atoms. The Hall–Kier alpha value is -0.600. The molecule has 52 valence electrons. The van der Waals surface area contributed by atoms with E-state index in [9.17, 15) is 0 Å². The Labute approximate surface area is 68.5 Å². The molecule has 0 spiro atoms. The molecule has 0 aromatic carbocycles. The normalized spacial score (nSPS) is 9.40. The predicted octanol–water partition coefficient (Wildman–Crippen LogP) is 2.43. The van der Waals surface area contributed by atoms with E-state index >= 15 is 0 Å². The van der Waals surface area contributed by atoms with Crippen molar-refractivity contribution in [1.29, 1.82) is 0 Å². The molecule has 1 aromatic rings. The lowest BCUT2D eigenvalue weighted by molar-refractivity contribution is 1.16. The summed E-state index contributed by atoms with van der Waals surface area (Å²) < 4.78 is 0. The zero-order chi connectivity index (χ0) is 7.56. The Balaban J connectivity index is 3.19. The molecule has 0 aliphatic rings. The van der Waals surface area contributed by atoms with E-state index in [1.54, 1.807) is 6.08 Å². The average molecular weight is 175 g/mol. The molecular formula is C6H4Cl2N2. The fourth-order valence-corrected chi connectivity index (χ4v) is 0.870. The van der Waals surface area contributed by atoms with Gasteiger partial charge in [-0.15, -0.1) is 0 Å². The van der Waals surface area contributed by atoms with E-state index in [1.807, 2.05) is 0 Å². The SMILES string of the molecule is C=Cc1cnc(Cl)nc1Cl. The number of hydrogen-bond donors (Lipinski definition) is 0. The van der Waals surface area contributed by atoms with Gasteiger partial charge in [-0.2, -0.15) is 0 Å². The molecule has 4 heteroatoms. The van der Waals surface area contributed by atoms with Gasteiger partial charge in [0.1, 0.15) is 5.15 Å². The summed E-state index contributed by atoms with van der Waals surface area (Å²) in [5.41, 5.74) is 0.686. The monoisotopic (exact) mass is 174 g/mol. The summed E-state index contributed by atoms with van der Waals surface area (Å²) in [6.07, 6.45) is 3.09. The third-order valence-electron chi connectivity index (χ3n) is 0.959. The maximum Gasteiger partial charge on any atom is 0.223 e. The minimum Gasteiger partial charge on any atom is -0.226 e. The molecule has 1 aromatic heterocycles. The fraction of sp³-hybridized carbons (Fsp3) is 0. The van der Waals surface area contributed by atoms with Gasteiger partial charge in [0, 0.05) is 11.8 Å². The van der Waals surface area contributed by atoms with Gasteiger partial charge in [0.05, 0.1) is 0 Å². The Morgan fingerprint density at radius 1 is 1.50 bits per heavy atom. The molecule has 0 radical (unpaired) electrons. The molecule has 0 unspecified atom stereocenters. The van der Waals surface area contributed by atoms with E-state index in [-0.39, 0.29) is 5.28 Å². The second kappa shape index (κ2) is 2.99. The Kier molecular flexibility index (Phi) is 2.25. The van der Waals surface area contributed by atoms with Crippen molar-refractivity contribution >= 4 is 29.3 Å². The average Bonchev–Trinajstić information content (AvgIpc) is 1.88. The third kappa shape index (κ3) is 1.46. The maximum absolute atomic E-state index is 5.62. The minimum atomic E-state index is 0.149. The molecule has 0 saturated heterocycles. The summed E-state index contributed by atoms with van der Waals surface area (Å²) >= 11 is 11.1. The van der Waals surface area contributed by atoms with Gasteiger partial charge in [0.2, 0.25) is 5.28 Å². The zero-order valence-electron chi connectivity index (χ0n) is 5.01.